The van der Waals surface area contributed by atoms with Crippen molar-refractivity contribution >= 4 is 38.5 Å². The highest BCUT2D eigenvalue weighted by Gasteiger charge is 2.12. The molecule has 0 atom stereocenters. The summed E-state index contributed by atoms with van der Waals surface area (Å²) in [7, 11) is 0. The maximum atomic E-state index is 11.6. The van der Waals surface area contributed by atoms with Gasteiger partial charge in [0.15, 0.2) is 0 Å². The van der Waals surface area contributed by atoms with Crippen molar-refractivity contribution in [2.75, 3.05) is 5.32 Å². The summed E-state index contributed by atoms with van der Waals surface area (Å²) < 4.78 is 4.15. The molecule has 0 unspecified atom stereocenters. The Morgan fingerprint density at radius 1 is 1.53 bits per heavy atom. The molecule has 0 saturated heterocycles. The van der Waals surface area contributed by atoms with Crippen molar-refractivity contribution < 1.29 is 4.79 Å². The molecule has 0 radical (unpaired) electrons. The summed E-state index contributed by atoms with van der Waals surface area (Å²) in [5, 5.41) is 9.83. The number of anilines is 1. The normalized spacial score (nSPS) is 9.93. The molecule has 0 fully saturated rings. The summed E-state index contributed by atoms with van der Waals surface area (Å²) in [6.45, 7) is 0. The van der Waals surface area contributed by atoms with Crippen LogP contribution in [0.1, 0.15) is 10.5 Å². The molecule has 1 N–H and O–H groups in total. The minimum atomic E-state index is -0.346. The summed E-state index contributed by atoms with van der Waals surface area (Å²) in [5.74, 6) is -0.346. The number of amides is 1. The number of carbonyl (C=O) groups is 1. The van der Waals surface area contributed by atoms with E-state index in [1.807, 2.05) is 0 Å². The zero-order valence-electron chi connectivity index (χ0n) is 7.22. The second-order valence-corrected chi connectivity index (χ2v) is 4.04. The quantitative estimate of drug-likeness (QED) is 0.901. The van der Waals surface area contributed by atoms with E-state index in [4.69, 9.17) is 0 Å². The summed E-state index contributed by atoms with van der Waals surface area (Å²) in [6, 6.07) is 3.47. The first-order valence-corrected chi connectivity index (χ1v) is 5.41. The van der Waals surface area contributed by atoms with Crippen LogP contribution in [0.5, 0.6) is 0 Å². The first-order valence-electron chi connectivity index (χ1n) is 3.84. The molecule has 0 aliphatic carbocycles. The van der Waals surface area contributed by atoms with E-state index in [9.17, 15) is 4.79 Å². The molecule has 2 heterocycles. The lowest BCUT2D eigenvalue weighted by molar-refractivity contribution is 0.102. The third-order valence-corrected chi connectivity index (χ3v) is 2.64. The van der Waals surface area contributed by atoms with Gasteiger partial charge >= 0.3 is 0 Å². The number of pyridine rings is 1. The smallest absolute Gasteiger partial charge is 0.277 e. The number of nitrogens with zero attached hydrogens (tertiary/aromatic N) is 4. The van der Waals surface area contributed by atoms with Crippen LogP contribution in [0.4, 0.5) is 5.13 Å². The lowest BCUT2D eigenvalue weighted by Crippen LogP contribution is -2.14. The zero-order valence-corrected chi connectivity index (χ0v) is 9.62. The van der Waals surface area contributed by atoms with Gasteiger partial charge in [0.25, 0.3) is 5.91 Å². The minimum Gasteiger partial charge on any atom is -0.294 e. The van der Waals surface area contributed by atoms with Crippen molar-refractivity contribution in [1.82, 2.24) is 19.8 Å². The predicted octanol–water partition coefficient (Wildman–Crippen LogP) is 1.34. The Morgan fingerprint density at radius 3 is 3.07 bits per heavy atom. The van der Waals surface area contributed by atoms with Crippen molar-refractivity contribution in [3.8, 4) is 0 Å². The molecule has 0 aromatic carbocycles. The monoisotopic (exact) mass is 285 g/mol. The summed E-state index contributed by atoms with van der Waals surface area (Å²) in [4.78, 5) is 15.6. The van der Waals surface area contributed by atoms with E-state index >= 15 is 0 Å². The van der Waals surface area contributed by atoms with Crippen LogP contribution in [-0.2, 0) is 0 Å². The van der Waals surface area contributed by atoms with Gasteiger partial charge in [0.1, 0.15) is 5.69 Å². The number of nitrogens with one attached hydrogen (secondary N) is 1. The number of halogens is 1. The van der Waals surface area contributed by atoms with Crippen LogP contribution in [0.15, 0.2) is 22.8 Å². The fourth-order valence-corrected chi connectivity index (χ4v) is 1.69. The molecule has 2 rings (SSSR count). The predicted molar refractivity (Wildman–Crippen MR) is 57.6 cm³/mol. The highest BCUT2D eigenvalue weighted by molar-refractivity contribution is 9.10. The maximum absolute atomic E-state index is 11.6. The van der Waals surface area contributed by atoms with Gasteiger partial charge in [-0.2, -0.15) is 0 Å². The van der Waals surface area contributed by atoms with Crippen LogP contribution in [0.3, 0.4) is 0 Å². The first kappa shape index (κ1) is 10.1. The van der Waals surface area contributed by atoms with Gasteiger partial charge in [-0.25, -0.2) is 4.98 Å². The highest BCUT2D eigenvalue weighted by atomic mass is 79.9. The lowest BCUT2D eigenvalue weighted by atomic mass is 10.3. The molecule has 15 heavy (non-hydrogen) atoms. The van der Waals surface area contributed by atoms with Gasteiger partial charge < -0.3 is 0 Å². The van der Waals surface area contributed by atoms with Crippen molar-refractivity contribution in [2.24, 2.45) is 0 Å². The highest BCUT2D eigenvalue weighted by Crippen LogP contribution is 2.15. The van der Waals surface area contributed by atoms with Crippen LogP contribution in [0.25, 0.3) is 0 Å². The van der Waals surface area contributed by atoms with Gasteiger partial charge in [0.2, 0.25) is 5.13 Å². The van der Waals surface area contributed by atoms with Gasteiger partial charge in [-0.15, -0.1) is 0 Å². The van der Waals surface area contributed by atoms with E-state index in [1.54, 1.807) is 12.1 Å². The average Bonchev–Trinajstić information content (AvgIpc) is 2.71. The summed E-state index contributed by atoms with van der Waals surface area (Å²) in [6.07, 6.45) is 1.54. The molecule has 76 valence electrons. The van der Waals surface area contributed by atoms with Gasteiger partial charge in [-0.05, 0) is 33.3 Å². The molecule has 0 aliphatic heterocycles. The largest absolute Gasteiger partial charge is 0.294 e. The third-order valence-electron chi connectivity index (χ3n) is 1.49. The van der Waals surface area contributed by atoms with Crippen LogP contribution in [0.2, 0.25) is 0 Å². The van der Waals surface area contributed by atoms with Gasteiger partial charge in [0, 0.05) is 22.2 Å². The molecule has 6 nitrogen and oxygen atoms in total. The summed E-state index contributed by atoms with van der Waals surface area (Å²) in [5.41, 5.74) is 0.299. The standard InChI is InChI=1S/C7H4BrN5OS/c8-4-2-1-3-9-5(4)6(14)10-7-11-12-13-15-7/h1-3H,(H,10,11,13,14). The van der Waals surface area contributed by atoms with Crippen molar-refractivity contribution in [1.29, 1.82) is 0 Å². The Hall–Kier alpha value is -1.41. The molecule has 0 aliphatic rings. The number of rotatable bonds is 2. The second-order valence-electron chi connectivity index (χ2n) is 2.46. The van der Waals surface area contributed by atoms with E-state index in [2.05, 4.69) is 41.0 Å². The lowest BCUT2D eigenvalue weighted by Gasteiger charge is -2.01. The Balaban J connectivity index is 2.19. The van der Waals surface area contributed by atoms with Crippen LogP contribution >= 0.6 is 27.5 Å². The Morgan fingerprint density at radius 2 is 2.40 bits per heavy atom. The Labute approximate surface area is 97.0 Å². The molecule has 1 amide bonds. The Kier molecular flexibility index (Phi) is 2.97. The van der Waals surface area contributed by atoms with E-state index in [0.717, 1.165) is 11.5 Å². The molecule has 8 heteroatoms. The molecule has 2 aromatic heterocycles. The average molecular weight is 286 g/mol. The minimum absolute atomic E-state index is 0.299. The molecular formula is C7H4BrN5OS. The van der Waals surface area contributed by atoms with Crippen LogP contribution < -0.4 is 5.32 Å². The number of hydrogen-bond acceptors (Lipinski definition) is 6. The zero-order chi connectivity index (χ0) is 10.7. The Bertz CT molecular complexity index is 474. The fourth-order valence-electron chi connectivity index (χ4n) is 0.891. The number of hydrogen-bond donors (Lipinski definition) is 1. The van der Waals surface area contributed by atoms with Crippen LogP contribution in [0, 0.1) is 0 Å². The SMILES string of the molecule is O=C(Nc1nnns1)c1ncccc1Br. The molecule has 0 bridgehead atoms. The fraction of sp³-hybridized carbons (Fsp3) is 0. The second kappa shape index (κ2) is 4.41. The van der Waals surface area contributed by atoms with E-state index < -0.39 is 0 Å². The molecular weight excluding hydrogens is 282 g/mol. The van der Waals surface area contributed by atoms with Gasteiger partial charge in [0.05, 0.1) is 0 Å². The van der Waals surface area contributed by atoms with E-state index in [0.29, 0.717) is 15.3 Å². The van der Waals surface area contributed by atoms with Crippen LogP contribution in [-0.4, -0.2) is 25.7 Å². The maximum Gasteiger partial charge on any atom is 0.277 e. The number of carbonyl (C=O) groups excluding carboxylic acids is 1. The topological polar surface area (TPSA) is 80.7 Å². The van der Waals surface area contributed by atoms with Crippen molar-refractivity contribution in [3.63, 3.8) is 0 Å². The van der Waals surface area contributed by atoms with Crippen molar-refractivity contribution in [3.05, 3.63) is 28.5 Å². The van der Waals surface area contributed by atoms with E-state index in [-0.39, 0.29) is 5.91 Å². The van der Waals surface area contributed by atoms with E-state index in [1.165, 1.54) is 6.20 Å². The molecule has 2 aromatic rings. The summed E-state index contributed by atoms with van der Waals surface area (Å²) >= 11 is 4.23. The number of aromatic nitrogens is 4. The molecule has 0 spiro atoms. The van der Waals surface area contributed by atoms with Gasteiger partial charge in [-0.1, -0.05) is 9.59 Å². The first-order chi connectivity index (χ1) is 7.27. The van der Waals surface area contributed by atoms with Crippen molar-refractivity contribution in [2.45, 2.75) is 0 Å². The van der Waals surface area contributed by atoms with Gasteiger partial charge in [-0.3, -0.25) is 10.1 Å². The molecule has 0 saturated carbocycles. The third kappa shape index (κ3) is 2.34.